The summed E-state index contributed by atoms with van der Waals surface area (Å²) in [5, 5.41) is 66.6. The van der Waals surface area contributed by atoms with Gasteiger partial charge in [0.1, 0.15) is 0 Å². The van der Waals surface area contributed by atoms with Crippen LogP contribution in [0.3, 0.4) is 0 Å². The zero-order valence-corrected chi connectivity index (χ0v) is 15.4. The van der Waals surface area contributed by atoms with Gasteiger partial charge in [0.25, 0.3) is 0 Å². The van der Waals surface area contributed by atoms with Crippen LogP contribution in [0.2, 0.25) is 16.6 Å². The van der Waals surface area contributed by atoms with Gasteiger partial charge in [0, 0.05) is 0 Å². The molecule has 8 atom stereocenters. The molecule has 1 fully saturated rings. The zero-order valence-electron chi connectivity index (χ0n) is 13.5. The van der Waals surface area contributed by atoms with E-state index in [4.69, 9.17) is 14.6 Å². The normalized spacial score (nSPS) is 33.2. The molecular formula is C13H27AsO10. The number of ether oxygens (including phenoxy) is 2. The van der Waals surface area contributed by atoms with Crippen LogP contribution in [0.25, 0.3) is 0 Å². The van der Waals surface area contributed by atoms with Crippen molar-refractivity contribution < 1.29 is 49.0 Å². The van der Waals surface area contributed by atoms with E-state index in [1.807, 2.05) is 0 Å². The van der Waals surface area contributed by atoms with E-state index in [1.54, 1.807) is 11.4 Å². The molecular weight excluding hydrogens is 391 g/mol. The van der Waals surface area contributed by atoms with Crippen molar-refractivity contribution in [1.29, 1.82) is 0 Å². The van der Waals surface area contributed by atoms with Crippen LogP contribution < -0.4 is 0 Å². The number of rotatable bonds is 9. The molecule has 0 aliphatic carbocycles. The van der Waals surface area contributed by atoms with Crippen molar-refractivity contribution in [2.24, 2.45) is 0 Å². The van der Waals surface area contributed by atoms with E-state index in [-0.39, 0.29) is 5.21 Å². The molecule has 0 amide bonds. The predicted molar refractivity (Wildman–Crippen MR) is 80.7 cm³/mol. The van der Waals surface area contributed by atoms with Gasteiger partial charge in [-0.3, -0.25) is 0 Å². The van der Waals surface area contributed by atoms with Gasteiger partial charge in [-0.15, -0.1) is 0 Å². The van der Waals surface area contributed by atoms with Gasteiger partial charge >= 0.3 is 141 Å². The van der Waals surface area contributed by atoms with Crippen LogP contribution in [0.15, 0.2) is 0 Å². The Morgan fingerprint density at radius 1 is 1.04 bits per heavy atom. The maximum atomic E-state index is 11.9. The molecule has 1 aliphatic rings. The number of hydrogen-bond acceptors (Lipinski definition) is 10. The van der Waals surface area contributed by atoms with E-state index >= 15 is 0 Å². The van der Waals surface area contributed by atoms with Crippen molar-refractivity contribution in [3.05, 3.63) is 0 Å². The van der Waals surface area contributed by atoms with Crippen molar-refractivity contribution in [2.45, 2.75) is 65.6 Å². The fourth-order valence-electron chi connectivity index (χ4n) is 2.29. The van der Waals surface area contributed by atoms with Gasteiger partial charge in [-0.2, -0.15) is 0 Å². The Balaban J connectivity index is 2.53. The average Bonchev–Trinajstić information content (AvgIpc) is 2.76. The van der Waals surface area contributed by atoms with Crippen LogP contribution in [0.5, 0.6) is 0 Å². The first-order valence-electron chi connectivity index (χ1n) is 7.48. The second kappa shape index (κ2) is 9.09. The first kappa shape index (κ1) is 22.0. The molecule has 10 nitrogen and oxygen atoms in total. The zero-order chi connectivity index (χ0) is 18.7. The Hall–Kier alpha value is -0.00156. The van der Waals surface area contributed by atoms with Crippen molar-refractivity contribution in [1.82, 2.24) is 0 Å². The summed E-state index contributed by atoms with van der Waals surface area (Å²) >= 11 is -3.13. The van der Waals surface area contributed by atoms with E-state index in [0.29, 0.717) is 0 Å². The molecule has 0 bridgehead atoms. The molecule has 11 heteroatoms. The van der Waals surface area contributed by atoms with Crippen LogP contribution in [0, 0.1) is 0 Å². The van der Waals surface area contributed by atoms with Gasteiger partial charge in [-0.1, -0.05) is 0 Å². The third-order valence-electron chi connectivity index (χ3n) is 3.69. The van der Waals surface area contributed by atoms with E-state index in [9.17, 15) is 34.4 Å². The van der Waals surface area contributed by atoms with Gasteiger partial charge in [-0.05, 0) is 0 Å². The summed E-state index contributed by atoms with van der Waals surface area (Å²) in [6.45, 7) is -1.38. The monoisotopic (exact) mass is 418 g/mol. The first-order valence-corrected chi connectivity index (χ1v) is 13.3. The van der Waals surface area contributed by atoms with Crippen LogP contribution >= 0.6 is 0 Å². The quantitative estimate of drug-likeness (QED) is 0.186. The number of aliphatic hydroxyl groups is 7. The van der Waals surface area contributed by atoms with Crippen LogP contribution in [-0.4, -0.2) is 111 Å². The SMILES string of the molecule is C[As](C)(=O)C[C@H]1O[C@@H](OCC(O)C(O)C(O)C(O)CO)C(O)C1O. The van der Waals surface area contributed by atoms with Gasteiger partial charge in [-0.25, -0.2) is 0 Å². The number of aliphatic hydroxyl groups excluding tert-OH is 7. The van der Waals surface area contributed by atoms with Crippen LogP contribution in [0.4, 0.5) is 0 Å². The second-order valence-electron chi connectivity index (χ2n) is 6.41. The Kier molecular flexibility index (Phi) is 8.34. The summed E-state index contributed by atoms with van der Waals surface area (Å²) in [6, 6.07) is 0. The Bertz CT molecular complexity index is 429. The molecule has 0 aromatic heterocycles. The molecule has 1 rings (SSSR count). The van der Waals surface area contributed by atoms with Crippen molar-refractivity contribution >= 4 is 13.5 Å². The Labute approximate surface area is 141 Å². The molecule has 0 aromatic carbocycles. The predicted octanol–water partition coefficient (Wildman–Crippen LogP) is -3.48. The molecule has 0 radical (unpaired) electrons. The fourth-order valence-corrected chi connectivity index (χ4v) is 4.74. The molecule has 0 saturated carbocycles. The van der Waals surface area contributed by atoms with E-state index in [1.165, 1.54) is 0 Å². The van der Waals surface area contributed by atoms with Gasteiger partial charge in [0.15, 0.2) is 0 Å². The molecule has 1 heterocycles. The molecule has 0 spiro atoms. The summed E-state index contributed by atoms with van der Waals surface area (Å²) in [5.74, 6) is 0. The van der Waals surface area contributed by atoms with Crippen molar-refractivity contribution in [3.8, 4) is 0 Å². The minimum absolute atomic E-state index is 0.100. The summed E-state index contributed by atoms with van der Waals surface area (Å²) < 4.78 is 22.2. The average molecular weight is 418 g/mol. The molecule has 24 heavy (non-hydrogen) atoms. The molecule has 1 saturated heterocycles. The van der Waals surface area contributed by atoms with Gasteiger partial charge in [0.2, 0.25) is 0 Å². The first-order chi connectivity index (χ1) is 11.0. The van der Waals surface area contributed by atoms with E-state index < -0.39 is 75.7 Å². The summed E-state index contributed by atoms with van der Waals surface area (Å²) in [6.07, 6.45) is -11.8. The standard InChI is InChI=1S/C13H27AsO10/c1-14(2,22)3-8-11(20)12(21)13(24-8)23-5-7(17)10(19)9(18)6(16)4-15/h6-13,15-21H,3-5H2,1-2H3/t6?,7?,8-,9?,10?,11?,12?,13-/m1/s1. The minimum atomic E-state index is -3.13. The van der Waals surface area contributed by atoms with Crippen LogP contribution in [-0.2, 0) is 13.2 Å². The van der Waals surface area contributed by atoms with E-state index in [0.717, 1.165) is 0 Å². The van der Waals surface area contributed by atoms with Crippen LogP contribution in [0.1, 0.15) is 0 Å². The maximum absolute atomic E-state index is 11.9. The van der Waals surface area contributed by atoms with Gasteiger partial charge in [0.05, 0.1) is 0 Å². The molecule has 144 valence electrons. The number of hydrogen-bond donors (Lipinski definition) is 7. The van der Waals surface area contributed by atoms with E-state index in [2.05, 4.69) is 0 Å². The Morgan fingerprint density at radius 3 is 2.08 bits per heavy atom. The second-order valence-corrected chi connectivity index (χ2v) is 13.8. The summed E-state index contributed by atoms with van der Waals surface area (Å²) in [7, 11) is 0. The van der Waals surface area contributed by atoms with Crippen molar-refractivity contribution in [3.63, 3.8) is 0 Å². The summed E-state index contributed by atoms with van der Waals surface area (Å²) in [5.41, 5.74) is 3.14. The molecule has 6 unspecified atom stereocenters. The van der Waals surface area contributed by atoms with Crippen molar-refractivity contribution in [2.75, 3.05) is 13.2 Å². The molecule has 1 aliphatic heterocycles. The summed E-state index contributed by atoms with van der Waals surface area (Å²) in [4.78, 5) is 0. The molecule has 7 N–H and O–H groups in total. The topological polar surface area (TPSA) is 177 Å². The van der Waals surface area contributed by atoms with Gasteiger partial charge < -0.3 is 0 Å². The third kappa shape index (κ3) is 6.06. The molecule has 0 aromatic rings. The fraction of sp³-hybridized carbons (Fsp3) is 1.00. The third-order valence-corrected chi connectivity index (χ3v) is 6.29. The Morgan fingerprint density at radius 2 is 1.58 bits per heavy atom.